The van der Waals surface area contributed by atoms with Gasteiger partial charge < -0.3 is 20.2 Å². The van der Waals surface area contributed by atoms with Gasteiger partial charge in [0.2, 0.25) is 10.0 Å². The van der Waals surface area contributed by atoms with Crippen molar-refractivity contribution in [1.29, 1.82) is 0 Å². The number of alkyl halides is 1. The van der Waals surface area contributed by atoms with E-state index < -0.39 is 40.9 Å². The van der Waals surface area contributed by atoms with Crippen molar-refractivity contribution >= 4 is 38.5 Å². The number of sulfonamides is 1. The lowest BCUT2D eigenvalue weighted by atomic mass is 9.97. The van der Waals surface area contributed by atoms with E-state index in [0.717, 1.165) is 23.4 Å². The summed E-state index contributed by atoms with van der Waals surface area (Å²) in [6, 6.07) is 14.4. The van der Waals surface area contributed by atoms with Gasteiger partial charge in [-0.2, -0.15) is 0 Å². The Morgan fingerprint density at radius 1 is 1.07 bits per heavy atom. The van der Waals surface area contributed by atoms with E-state index in [9.17, 15) is 31.9 Å². The highest BCUT2D eigenvalue weighted by molar-refractivity contribution is 7.92. The van der Waals surface area contributed by atoms with Crippen LogP contribution in [0.2, 0.25) is 0 Å². The van der Waals surface area contributed by atoms with Crippen molar-refractivity contribution in [3.05, 3.63) is 77.6 Å². The Kier molecular flexibility index (Phi) is 8.52. The van der Waals surface area contributed by atoms with Gasteiger partial charge in [-0.25, -0.2) is 17.2 Å². The van der Waals surface area contributed by atoms with Crippen molar-refractivity contribution in [3.8, 4) is 22.5 Å². The van der Waals surface area contributed by atoms with Gasteiger partial charge in [0.1, 0.15) is 23.8 Å². The number of nitrogens with one attached hydrogen (secondary N) is 2. The summed E-state index contributed by atoms with van der Waals surface area (Å²) in [6.45, 7) is -1.65. The fourth-order valence-electron chi connectivity index (χ4n) is 5.16. The molecule has 0 saturated heterocycles. The van der Waals surface area contributed by atoms with Crippen molar-refractivity contribution in [2.45, 2.75) is 18.9 Å². The molecule has 3 N–H and O–H groups in total. The third kappa shape index (κ3) is 6.25. The molecular formula is C31H31F2N3O6S. The van der Waals surface area contributed by atoms with Gasteiger partial charge in [-0.15, -0.1) is 0 Å². The van der Waals surface area contributed by atoms with Crippen LogP contribution in [0.25, 0.3) is 33.4 Å². The number of benzene rings is 3. The van der Waals surface area contributed by atoms with Gasteiger partial charge in [-0.05, 0) is 66.8 Å². The summed E-state index contributed by atoms with van der Waals surface area (Å²) in [4.78, 5) is 26.3. The van der Waals surface area contributed by atoms with E-state index in [1.54, 1.807) is 30.3 Å². The smallest absolute Gasteiger partial charge is 0.255 e. The van der Waals surface area contributed by atoms with Gasteiger partial charge >= 0.3 is 0 Å². The molecule has 1 aromatic heterocycles. The number of furan rings is 1. The largest absolute Gasteiger partial charge is 0.455 e. The average Bonchev–Trinajstić information content (AvgIpc) is 3.77. The van der Waals surface area contributed by atoms with Gasteiger partial charge in [0.15, 0.2) is 0 Å². The number of carbonyl (C=O) groups is 2. The van der Waals surface area contributed by atoms with Crippen molar-refractivity contribution in [3.63, 3.8) is 0 Å². The molecule has 2 amide bonds. The zero-order valence-corrected chi connectivity index (χ0v) is 24.4. The zero-order chi connectivity index (χ0) is 30.9. The molecule has 226 valence electrons. The van der Waals surface area contributed by atoms with Crippen LogP contribution in [0.3, 0.4) is 0 Å². The van der Waals surface area contributed by atoms with Crippen LogP contribution in [0.5, 0.6) is 0 Å². The van der Waals surface area contributed by atoms with Crippen molar-refractivity contribution in [2.75, 3.05) is 37.4 Å². The molecule has 1 aliphatic rings. The van der Waals surface area contributed by atoms with Crippen LogP contribution >= 0.6 is 0 Å². The van der Waals surface area contributed by atoms with E-state index in [4.69, 9.17) is 4.42 Å². The van der Waals surface area contributed by atoms with E-state index in [-0.39, 0.29) is 46.7 Å². The second kappa shape index (κ2) is 12.1. The van der Waals surface area contributed by atoms with Crippen LogP contribution in [-0.2, 0) is 10.0 Å². The summed E-state index contributed by atoms with van der Waals surface area (Å²) in [5.74, 6) is -1.03. The fraction of sp³-hybridized carbons (Fsp3) is 0.290. The lowest BCUT2D eigenvalue weighted by molar-refractivity contribution is 0.0907. The Morgan fingerprint density at radius 3 is 2.40 bits per heavy atom. The Bertz CT molecular complexity index is 1790. The lowest BCUT2D eigenvalue weighted by Gasteiger charge is -2.24. The first kappa shape index (κ1) is 30.2. The molecular weight excluding hydrogens is 580 g/mol. The van der Waals surface area contributed by atoms with E-state index in [2.05, 4.69) is 10.6 Å². The molecule has 1 unspecified atom stereocenters. The summed E-state index contributed by atoms with van der Waals surface area (Å²) in [7, 11) is -2.54. The molecule has 0 bridgehead atoms. The van der Waals surface area contributed by atoms with Crippen LogP contribution in [-0.4, -0.2) is 64.5 Å². The minimum atomic E-state index is -3.99. The van der Waals surface area contributed by atoms with E-state index in [1.807, 2.05) is 0 Å². The van der Waals surface area contributed by atoms with Crippen molar-refractivity contribution in [2.24, 2.45) is 5.92 Å². The monoisotopic (exact) mass is 611 g/mol. The molecule has 9 nitrogen and oxygen atoms in total. The highest BCUT2D eigenvalue weighted by atomic mass is 32.2. The number of amides is 2. The number of carbonyl (C=O) groups excluding carboxylic acids is 2. The van der Waals surface area contributed by atoms with E-state index in [1.165, 1.54) is 37.4 Å². The number of hydrogen-bond acceptors (Lipinski definition) is 6. The molecule has 3 aromatic carbocycles. The van der Waals surface area contributed by atoms with Crippen LogP contribution in [0.4, 0.5) is 14.5 Å². The van der Waals surface area contributed by atoms with E-state index in [0.29, 0.717) is 22.1 Å². The molecule has 0 spiro atoms. The molecule has 1 heterocycles. The molecule has 1 aliphatic carbocycles. The standard InChI is InChI=1S/C31H31F2N3O6S/c1-34-31(39)28-24-15-23(20-4-3-5-21(14-20)30(38)35-25(17-37)18-6-7-18)26(36(13-12-32)43(2,40)41)16-27(24)42-29(28)19-8-10-22(33)11-9-19/h3-5,8-11,14-16,18,25,37H,6-7,12-13,17H2,1-2H3,(H,34,39)(H,35,38). The lowest BCUT2D eigenvalue weighted by Crippen LogP contribution is -2.39. The van der Waals surface area contributed by atoms with Crippen LogP contribution < -0.4 is 14.9 Å². The first-order valence-corrected chi connectivity index (χ1v) is 15.5. The molecule has 1 fully saturated rings. The average molecular weight is 612 g/mol. The second-order valence-corrected chi connectivity index (χ2v) is 12.4. The molecule has 0 radical (unpaired) electrons. The highest BCUT2D eigenvalue weighted by Gasteiger charge is 2.32. The number of aliphatic hydroxyl groups excluding tert-OH is 1. The Balaban J connectivity index is 1.73. The number of aliphatic hydroxyl groups is 1. The molecule has 1 saturated carbocycles. The number of halogens is 2. The molecule has 5 rings (SSSR count). The molecule has 1 atom stereocenters. The fourth-order valence-corrected chi connectivity index (χ4v) is 6.07. The quantitative estimate of drug-likeness (QED) is 0.229. The van der Waals surface area contributed by atoms with E-state index >= 15 is 0 Å². The maximum absolute atomic E-state index is 13.7. The first-order valence-electron chi connectivity index (χ1n) is 13.7. The maximum Gasteiger partial charge on any atom is 0.255 e. The van der Waals surface area contributed by atoms with Crippen LogP contribution in [0.1, 0.15) is 33.6 Å². The number of nitrogens with zero attached hydrogens (tertiary/aromatic N) is 1. The Hall–Kier alpha value is -4.29. The summed E-state index contributed by atoms with van der Waals surface area (Å²) in [5.41, 5.74) is 1.78. The van der Waals surface area contributed by atoms with Gasteiger partial charge in [0, 0.05) is 35.2 Å². The van der Waals surface area contributed by atoms with Crippen LogP contribution in [0, 0.1) is 11.7 Å². The predicted octanol–water partition coefficient (Wildman–Crippen LogP) is 4.50. The Morgan fingerprint density at radius 2 is 1.79 bits per heavy atom. The predicted molar refractivity (Wildman–Crippen MR) is 160 cm³/mol. The first-order chi connectivity index (χ1) is 20.5. The number of hydrogen-bond donors (Lipinski definition) is 3. The summed E-state index contributed by atoms with van der Waals surface area (Å²) >= 11 is 0. The SMILES string of the molecule is CNC(=O)c1c(-c2ccc(F)cc2)oc2cc(N(CCF)S(C)(=O)=O)c(-c3cccc(C(=O)NC(CO)C4CC4)c3)cc12. The Labute approximate surface area is 247 Å². The topological polar surface area (TPSA) is 129 Å². The van der Waals surface area contributed by atoms with Gasteiger partial charge in [-0.3, -0.25) is 13.9 Å². The maximum atomic E-state index is 13.7. The minimum absolute atomic E-state index is 0.0827. The third-order valence-corrected chi connectivity index (χ3v) is 8.64. The summed E-state index contributed by atoms with van der Waals surface area (Å²) in [6.07, 6.45) is 2.79. The van der Waals surface area contributed by atoms with Crippen LogP contribution in [0.15, 0.2) is 65.1 Å². The highest BCUT2D eigenvalue weighted by Crippen LogP contribution is 2.42. The number of anilines is 1. The second-order valence-electron chi connectivity index (χ2n) is 10.5. The summed E-state index contributed by atoms with van der Waals surface area (Å²) < 4.78 is 60.1. The van der Waals surface area contributed by atoms with Gasteiger partial charge in [0.05, 0.1) is 36.7 Å². The van der Waals surface area contributed by atoms with Gasteiger partial charge in [0.25, 0.3) is 11.8 Å². The number of rotatable bonds is 11. The third-order valence-electron chi connectivity index (χ3n) is 7.46. The normalized spacial score (nSPS) is 14.0. The van der Waals surface area contributed by atoms with Crippen molar-refractivity contribution in [1.82, 2.24) is 10.6 Å². The molecule has 12 heteroatoms. The zero-order valence-electron chi connectivity index (χ0n) is 23.6. The molecule has 43 heavy (non-hydrogen) atoms. The van der Waals surface area contributed by atoms with Crippen molar-refractivity contribution < 1.29 is 36.3 Å². The number of fused-ring (bicyclic) bond motifs is 1. The van der Waals surface area contributed by atoms with Gasteiger partial charge in [-0.1, -0.05) is 12.1 Å². The summed E-state index contributed by atoms with van der Waals surface area (Å²) in [5, 5.41) is 15.5. The molecule has 4 aromatic rings. The minimum Gasteiger partial charge on any atom is -0.455 e. The molecule has 0 aliphatic heterocycles.